The second kappa shape index (κ2) is 10.1. The molecule has 0 unspecified atom stereocenters. The number of nitrogen functional groups attached to an aromatic ring is 1. The first-order chi connectivity index (χ1) is 15.5. The Morgan fingerprint density at radius 3 is 2.52 bits per heavy atom. The van der Waals surface area contributed by atoms with Gasteiger partial charge in [0, 0.05) is 30.3 Å². The van der Waals surface area contributed by atoms with E-state index in [0.29, 0.717) is 34.1 Å². The number of rotatable bonds is 3. The predicted octanol–water partition coefficient (Wildman–Crippen LogP) is 4.06. The highest BCUT2D eigenvalue weighted by molar-refractivity contribution is 7.15. The van der Waals surface area contributed by atoms with E-state index in [1.54, 1.807) is 35.2 Å². The predicted molar refractivity (Wildman–Crippen MR) is 129 cm³/mol. The fourth-order valence-corrected chi connectivity index (χ4v) is 4.24. The SMILES string of the molecule is CC(=O)c1ccc(C#Cc2cc(N)c(C(=O)N[C@H]3CCCN(C(=O)OC(C)(C)C)C3)s2)cc1. The van der Waals surface area contributed by atoms with Gasteiger partial charge in [0.05, 0.1) is 10.6 Å². The van der Waals surface area contributed by atoms with Gasteiger partial charge in [0.2, 0.25) is 0 Å². The van der Waals surface area contributed by atoms with E-state index in [2.05, 4.69) is 17.2 Å². The Morgan fingerprint density at radius 2 is 1.88 bits per heavy atom. The van der Waals surface area contributed by atoms with Crippen molar-refractivity contribution < 1.29 is 19.1 Å². The minimum Gasteiger partial charge on any atom is -0.444 e. The molecule has 2 heterocycles. The van der Waals surface area contributed by atoms with Crippen molar-refractivity contribution in [2.75, 3.05) is 18.8 Å². The molecule has 1 aliphatic heterocycles. The quantitative estimate of drug-likeness (QED) is 0.524. The molecule has 1 aromatic carbocycles. The zero-order chi connectivity index (χ0) is 24.2. The first-order valence-corrected chi connectivity index (χ1v) is 11.6. The summed E-state index contributed by atoms with van der Waals surface area (Å²) in [5.74, 6) is 5.79. The number of nitrogens with zero attached hydrogens (tertiary/aromatic N) is 1. The van der Waals surface area contributed by atoms with Crippen LogP contribution in [0.15, 0.2) is 30.3 Å². The maximum absolute atomic E-state index is 12.8. The molecule has 1 atom stereocenters. The highest BCUT2D eigenvalue weighted by Gasteiger charge is 2.29. The van der Waals surface area contributed by atoms with Crippen LogP contribution in [0.3, 0.4) is 0 Å². The molecule has 1 fully saturated rings. The molecule has 174 valence electrons. The molecule has 0 aliphatic carbocycles. The van der Waals surface area contributed by atoms with Crippen LogP contribution in [0.5, 0.6) is 0 Å². The summed E-state index contributed by atoms with van der Waals surface area (Å²) in [7, 11) is 0. The number of amides is 2. The average molecular weight is 468 g/mol. The van der Waals surface area contributed by atoms with Crippen LogP contribution >= 0.6 is 11.3 Å². The van der Waals surface area contributed by atoms with Crippen molar-refractivity contribution in [3.63, 3.8) is 0 Å². The van der Waals surface area contributed by atoms with E-state index >= 15 is 0 Å². The monoisotopic (exact) mass is 467 g/mol. The summed E-state index contributed by atoms with van der Waals surface area (Å²) in [6, 6.07) is 8.55. The van der Waals surface area contributed by atoms with Gasteiger partial charge in [-0.05, 0) is 58.7 Å². The normalized spacial score (nSPS) is 15.9. The summed E-state index contributed by atoms with van der Waals surface area (Å²) in [6.45, 7) is 8.01. The van der Waals surface area contributed by atoms with Gasteiger partial charge < -0.3 is 20.7 Å². The molecule has 33 heavy (non-hydrogen) atoms. The number of Topliss-reactive ketones (excluding diaryl/α,β-unsaturated/α-hetero) is 1. The lowest BCUT2D eigenvalue weighted by Gasteiger charge is -2.34. The van der Waals surface area contributed by atoms with Crippen molar-refractivity contribution in [3.8, 4) is 11.8 Å². The van der Waals surface area contributed by atoms with Gasteiger partial charge in [0.1, 0.15) is 10.5 Å². The molecule has 3 N–H and O–H groups in total. The van der Waals surface area contributed by atoms with Crippen molar-refractivity contribution in [2.45, 2.75) is 52.2 Å². The van der Waals surface area contributed by atoms with Crippen LogP contribution in [0.4, 0.5) is 10.5 Å². The number of piperidine rings is 1. The molecule has 0 radical (unpaired) electrons. The smallest absolute Gasteiger partial charge is 0.410 e. The first-order valence-electron chi connectivity index (χ1n) is 10.8. The van der Waals surface area contributed by atoms with E-state index in [4.69, 9.17) is 10.5 Å². The van der Waals surface area contributed by atoms with Crippen LogP contribution in [0.2, 0.25) is 0 Å². The molecule has 1 saturated heterocycles. The fourth-order valence-electron chi connectivity index (χ4n) is 3.40. The molecule has 0 bridgehead atoms. The molecular formula is C25H29N3O4S. The standard InChI is InChI=1S/C25H29N3O4S/c1-16(29)18-10-7-17(8-11-18)9-12-20-14-21(26)22(33-20)23(30)27-19-6-5-13-28(15-19)24(31)32-25(2,3)4/h7-8,10-11,14,19H,5-6,13,15,26H2,1-4H3,(H,27,30)/t19-/m0/s1. The molecule has 7 nitrogen and oxygen atoms in total. The van der Waals surface area contributed by atoms with Gasteiger partial charge in [-0.2, -0.15) is 0 Å². The molecule has 0 saturated carbocycles. The highest BCUT2D eigenvalue weighted by atomic mass is 32.1. The van der Waals surface area contributed by atoms with Crippen LogP contribution in [0.25, 0.3) is 0 Å². The van der Waals surface area contributed by atoms with Gasteiger partial charge in [-0.25, -0.2) is 4.79 Å². The summed E-state index contributed by atoms with van der Waals surface area (Å²) >= 11 is 1.23. The zero-order valence-corrected chi connectivity index (χ0v) is 20.2. The van der Waals surface area contributed by atoms with Crippen molar-refractivity contribution in [1.82, 2.24) is 10.2 Å². The molecular weight excluding hydrogens is 438 g/mol. The maximum Gasteiger partial charge on any atom is 0.410 e. The Kier molecular flexibility index (Phi) is 7.44. The van der Waals surface area contributed by atoms with Gasteiger partial charge in [-0.1, -0.05) is 24.0 Å². The summed E-state index contributed by atoms with van der Waals surface area (Å²) in [5, 5.41) is 2.99. The lowest BCUT2D eigenvalue weighted by molar-refractivity contribution is 0.0185. The van der Waals surface area contributed by atoms with Gasteiger partial charge in [-0.3, -0.25) is 9.59 Å². The molecule has 1 aromatic heterocycles. The molecule has 2 amide bonds. The number of ketones is 1. The number of likely N-dealkylation sites (tertiary alicyclic amines) is 1. The summed E-state index contributed by atoms with van der Waals surface area (Å²) < 4.78 is 5.44. The van der Waals surface area contributed by atoms with E-state index in [-0.39, 0.29) is 23.8 Å². The van der Waals surface area contributed by atoms with Gasteiger partial charge >= 0.3 is 6.09 Å². The van der Waals surface area contributed by atoms with Crippen LogP contribution in [-0.2, 0) is 4.74 Å². The number of nitrogens with two attached hydrogens (primary N) is 1. The number of benzene rings is 1. The lowest BCUT2D eigenvalue weighted by Crippen LogP contribution is -2.50. The second-order valence-electron chi connectivity index (χ2n) is 9.02. The first kappa shape index (κ1) is 24.3. The number of hydrogen-bond donors (Lipinski definition) is 2. The Morgan fingerprint density at radius 1 is 1.18 bits per heavy atom. The number of anilines is 1. The van der Waals surface area contributed by atoms with Crippen LogP contribution in [0, 0.1) is 11.8 Å². The van der Waals surface area contributed by atoms with Crippen molar-refractivity contribution in [2.24, 2.45) is 0 Å². The third-order valence-corrected chi connectivity index (χ3v) is 6.06. The largest absolute Gasteiger partial charge is 0.444 e. The van der Waals surface area contributed by atoms with Gasteiger partial charge in [0.25, 0.3) is 5.91 Å². The average Bonchev–Trinajstić information content (AvgIpc) is 3.12. The molecule has 8 heteroatoms. The number of nitrogens with one attached hydrogen (secondary N) is 1. The second-order valence-corrected chi connectivity index (χ2v) is 10.1. The van der Waals surface area contributed by atoms with Crippen molar-refractivity contribution in [1.29, 1.82) is 0 Å². The van der Waals surface area contributed by atoms with Crippen molar-refractivity contribution in [3.05, 3.63) is 51.2 Å². The van der Waals surface area contributed by atoms with Gasteiger partial charge in [0.15, 0.2) is 5.78 Å². The van der Waals surface area contributed by atoms with Crippen LogP contribution in [-0.4, -0.2) is 47.4 Å². The van der Waals surface area contributed by atoms with E-state index < -0.39 is 5.60 Å². The number of carbonyl (C=O) groups is 3. The zero-order valence-electron chi connectivity index (χ0n) is 19.4. The topological polar surface area (TPSA) is 102 Å². The Balaban J connectivity index is 1.63. The van der Waals surface area contributed by atoms with Gasteiger partial charge in [-0.15, -0.1) is 11.3 Å². The van der Waals surface area contributed by atoms with Crippen LogP contribution < -0.4 is 11.1 Å². The summed E-state index contributed by atoms with van der Waals surface area (Å²) in [4.78, 5) is 39.3. The number of ether oxygens (including phenoxy) is 1. The van der Waals surface area contributed by atoms with E-state index in [0.717, 1.165) is 18.4 Å². The third-order valence-electron chi connectivity index (χ3n) is 5.00. The number of hydrogen-bond acceptors (Lipinski definition) is 6. The van der Waals surface area contributed by atoms with E-state index in [9.17, 15) is 14.4 Å². The molecule has 1 aliphatic rings. The Labute approximate surface area is 198 Å². The van der Waals surface area contributed by atoms with E-state index in [1.165, 1.54) is 18.3 Å². The molecule has 2 aromatic rings. The maximum atomic E-state index is 12.8. The minimum absolute atomic E-state index is 0.00312. The number of carbonyl (C=O) groups excluding carboxylic acids is 3. The summed E-state index contributed by atoms with van der Waals surface area (Å²) in [5.41, 5.74) is 7.28. The van der Waals surface area contributed by atoms with Crippen LogP contribution in [0.1, 0.15) is 71.0 Å². The third kappa shape index (κ3) is 6.83. The minimum atomic E-state index is -0.564. The Bertz CT molecular complexity index is 1100. The fraction of sp³-hybridized carbons (Fsp3) is 0.400. The summed E-state index contributed by atoms with van der Waals surface area (Å²) in [6.07, 6.45) is 1.19. The molecule has 0 spiro atoms. The molecule has 3 rings (SSSR count). The van der Waals surface area contributed by atoms with Crippen molar-refractivity contribution >= 4 is 34.8 Å². The Hall–Kier alpha value is -3.31. The van der Waals surface area contributed by atoms with E-state index in [1.807, 2.05) is 20.8 Å². The lowest BCUT2D eigenvalue weighted by atomic mass is 10.1. The highest BCUT2D eigenvalue weighted by Crippen LogP contribution is 2.25. The number of thiophene rings is 1.